The minimum atomic E-state index is -0.465. The molecule has 0 atom stereocenters. The van der Waals surface area contributed by atoms with Crippen LogP contribution in [0.5, 0.6) is 11.5 Å². The average molecular weight is 399 g/mol. The maximum absolute atomic E-state index is 12.3. The minimum absolute atomic E-state index is 0.140. The third kappa shape index (κ3) is 4.20. The minimum Gasteiger partial charge on any atom is -0.493 e. The lowest BCUT2D eigenvalue weighted by Gasteiger charge is -2.10. The predicted molar refractivity (Wildman–Crippen MR) is 110 cm³/mol. The number of likely N-dealkylation sites (N-methyl/N-ethyl adjacent to an activating group) is 1. The molecule has 0 bridgehead atoms. The quantitative estimate of drug-likeness (QED) is 0.335. The highest BCUT2D eigenvalue weighted by Gasteiger charge is 2.28. The van der Waals surface area contributed by atoms with Crippen molar-refractivity contribution in [1.82, 2.24) is 4.90 Å². The highest BCUT2D eigenvalue weighted by molar-refractivity contribution is 8.26. The molecule has 1 saturated heterocycles. The molecule has 27 heavy (non-hydrogen) atoms. The number of ether oxygens (including phenoxy) is 2. The van der Waals surface area contributed by atoms with Crippen LogP contribution in [0.1, 0.15) is 21.5 Å². The number of aryl methyl sites for hydroxylation is 1. The molecule has 1 aliphatic heterocycles. The number of carbonyl (C=O) groups is 2. The number of hydrogen-bond acceptors (Lipinski definition) is 6. The number of rotatable bonds is 4. The Balaban J connectivity index is 1.82. The summed E-state index contributed by atoms with van der Waals surface area (Å²) in [6, 6.07) is 12.2. The Morgan fingerprint density at radius 2 is 1.85 bits per heavy atom. The summed E-state index contributed by atoms with van der Waals surface area (Å²) >= 11 is 6.37. The van der Waals surface area contributed by atoms with Crippen LogP contribution in [0.2, 0.25) is 0 Å². The molecule has 0 radical (unpaired) electrons. The number of carbonyl (C=O) groups excluding carboxylic acids is 2. The van der Waals surface area contributed by atoms with Crippen molar-refractivity contribution in [1.29, 1.82) is 0 Å². The van der Waals surface area contributed by atoms with Crippen LogP contribution < -0.4 is 9.47 Å². The molecule has 1 heterocycles. The Hall–Kier alpha value is -2.64. The monoisotopic (exact) mass is 399 g/mol. The molecule has 2 aromatic rings. The molecule has 1 amide bonds. The van der Waals surface area contributed by atoms with Crippen molar-refractivity contribution in [2.75, 3.05) is 14.2 Å². The molecule has 138 valence electrons. The molecule has 5 nitrogen and oxygen atoms in total. The van der Waals surface area contributed by atoms with E-state index in [1.807, 2.05) is 19.1 Å². The van der Waals surface area contributed by atoms with E-state index >= 15 is 0 Å². The summed E-state index contributed by atoms with van der Waals surface area (Å²) in [5.41, 5.74) is 2.26. The normalized spacial score (nSPS) is 15.4. The molecule has 0 unspecified atom stereocenters. The summed E-state index contributed by atoms with van der Waals surface area (Å²) in [6.45, 7) is 1.95. The van der Waals surface area contributed by atoms with E-state index in [2.05, 4.69) is 0 Å². The van der Waals surface area contributed by atoms with Gasteiger partial charge in [0.2, 0.25) is 0 Å². The van der Waals surface area contributed by atoms with Gasteiger partial charge in [-0.15, -0.1) is 0 Å². The Bertz CT molecular complexity index is 951. The third-order valence-corrected chi connectivity index (χ3v) is 5.45. The molecular weight excluding hydrogens is 382 g/mol. The summed E-state index contributed by atoms with van der Waals surface area (Å²) < 4.78 is 11.3. The van der Waals surface area contributed by atoms with Crippen molar-refractivity contribution in [3.8, 4) is 11.5 Å². The van der Waals surface area contributed by atoms with Crippen molar-refractivity contribution in [3.63, 3.8) is 0 Å². The van der Waals surface area contributed by atoms with Crippen LogP contribution in [-0.4, -0.2) is 35.3 Å². The van der Waals surface area contributed by atoms with Crippen molar-refractivity contribution >= 4 is 46.3 Å². The standard InChI is InChI=1S/C20H17NO4S2/c1-12-4-7-14(8-5-12)19(23)25-15-9-6-13(10-16(15)24-3)11-17-18(22)21(2)20(26)27-17/h4-11H,1-3H3/b17-11+. The first kappa shape index (κ1) is 19.1. The molecule has 1 aliphatic rings. The third-order valence-electron chi connectivity index (χ3n) is 3.96. The molecule has 1 fully saturated rings. The zero-order chi connectivity index (χ0) is 19.6. The lowest BCUT2D eigenvalue weighted by atomic mass is 10.1. The van der Waals surface area contributed by atoms with Crippen LogP contribution in [-0.2, 0) is 4.79 Å². The van der Waals surface area contributed by atoms with E-state index in [9.17, 15) is 9.59 Å². The van der Waals surface area contributed by atoms with Gasteiger partial charge >= 0.3 is 5.97 Å². The van der Waals surface area contributed by atoms with E-state index in [4.69, 9.17) is 21.7 Å². The smallest absolute Gasteiger partial charge is 0.343 e. The molecule has 0 spiro atoms. The zero-order valence-corrected chi connectivity index (χ0v) is 16.6. The van der Waals surface area contributed by atoms with Gasteiger partial charge in [0.25, 0.3) is 5.91 Å². The number of thioether (sulfide) groups is 1. The van der Waals surface area contributed by atoms with Gasteiger partial charge in [-0.25, -0.2) is 4.79 Å². The van der Waals surface area contributed by atoms with Crippen LogP contribution in [0.15, 0.2) is 47.4 Å². The van der Waals surface area contributed by atoms with E-state index in [1.165, 1.54) is 23.8 Å². The zero-order valence-electron chi connectivity index (χ0n) is 15.0. The van der Waals surface area contributed by atoms with Gasteiger partial charge in [0.15, 0.2) is 11.5 Å². The summed E-state index contributed by atoms with van der Waals surface area (Å²) in [6.07, 6.45) is 1.73. The Kier molecular flexibility index (Phi) is 5.62. The van der Waals surface area contributed by atoms with Crippen LogP contribution in [0.3, 0.4) is 0 Å². The first-order valence-corrected chi connectivity index (χ1v) is 9.30. The van der Waals surface area contributed by atoms with Crippen molar-refractivity contribution in [2.24, 2.45) is 0 Å². The number of methoxy groups -OCH3 is 1. The van der Waals surface area contributed by atoms with Crippen molar-refractivity contribution in [2.45, 2.75) is 6.92 Å². The molecule has 0 aromatic heterocycles. The fraction of sp³-hybridized carbons (Fsp3) is 0.150. The second-order valence-electron chi connectivity index (χ2n) is 5.91. The number of hydrogen-bond donors (Lipinski definition) is 0. The van der Waals surface area contributed by atoms with E-state index in [0.717, 1.165) is 11.1 Å². The lowest BCUT2D eigenvalue weighted by molar-refractivity contribution is -0.121. The Morgan fingerprint density at radius 3 is 2.44 bits per heavy atom. The van der Waals surface area contributed by atoms with Gasteiger partial charge in [0.1, 0.15) is 4.32 Å². The fourth-order valence-electron chi connectivity index (χ4n) is 2.40. The van der Waals surface area contributed by atoms with Crippen LogP contribution >= 0.6 is 24.0 Å². The highest BCUT2D eigenvalue weighted by Crippen LogP contribution is 2.34. The SMILES string of the molecule is COc1cc(/C=C2/SC(=S)N(C)C2=O)ccc1OC(=O)c1ccc(C)cc1. The maximum Gasteiger partial charge on any atom is 0.343 e. The molecule has 2 aromatic carbocycles. The van der Waals surface area contributed by atoms with Crippen LogP contribution in [0.25, 0.3) is 6.08 Å². The largest absolute Gasteiger partial charge is 0.493 e. The van der Waals surface area contributed by atoms with Gasteiger partial charge in [0.05, 0.1) is 17.6 Å². The Labute approximate surface area is 167 Å². The summed E-state index contributed by atoms with van der Waals surface area (Å²) in [4.78, 5) is 26.4. The van der Waals surface area contributed by atoms with Gasteiger partial charge < -0.3 is 9.47 Å². The van der Waals surface area contributed by atoms with Crippen molar-refractivity contribution in [3.05, 3.63) is 64.1 Å². The number of nitrogens with zero attached hydrogens (tertiary/aromatic N) is 1. The number of esters is 1. The van der Waals surface area contributed by atoms with Gasteiger partial charge in [-0.3, -0.25) is 9.69 Å². The van der Waals surface area contributed by atoms with E-state index in [0.29, 0.717) is 26.3 Å². The fourth-order valence-corrected chi connectivity index (χ4v) is 3.58. The molecule has 7 heteroatoms. The van der Waals surface area contributed by atoms with Gasteiger partial charge in [0, 0.05) is 7.05 Å². The van der Waals surface area contributed by atoms with E-state index < -0.39 is 5.97 Å². The summed E-state index contributed by atoms with van der Waals surface area (Å²) in [7, 11) is 3.14. The summed E-state index contributed by atoms with van der Waals surface area (Å²) in [5.74, 6) is 0.103. The van der Waals surface area contributed by atoms with E-state index in [-0.39, 0.29) is 5.91 Å². The number of benzene rings is 2. The molecule has 0 N–H and O–H groups in total. The van der Waals surface area contributed by atoms with Crippen molar-refractivity contribution < 1.29 is 19.1 Å². The maximum atomic E-state index is 12.3. The number of amides is 1. The van der Waals surface area contributed by atoms with Gasteiger partial charge in [-0.05, 0) is 42.8 Å². The number of thiocarbonyl (C=S) groups is 1. The average Bonchev–Trinajstić information content (AvgIpc) is 2.90. The highest BCUT2D eigenvalue weighted by atomic mass is 32.2. The molecule has 0 aliphatic carbocycles. The molecule has 0 saturated carbocycles. The molecule has 3 rings (SSSR count). The van der Waals surface area contributed by atoms with Gasteiger partial charge in [-0.1, -0.05) is 47.7 Å². The first-order chi connectivity index (χ1) is 12.9. The van der Waals surface area contributed by atoms with E-state index in [1.54, 1.807) is 43.5 Å². The summed E-state index contributed by atoms with van der Waals surface area (Å²) in [5, 5.41) is 0. The Morgan fingerprint density at radius 1 is 1.15 bits per heavy atom. The first-order valence-electron chi connectivity index (χ1n) is 8.07. The predicted octanol–water partition coefficient (Wildman–Crippen LogP) is 4.05. The van der Waals surface area contributed by atoms with Gasteiger partial charge in [-0.2, -0.15) is 0 Å². The second kappa shape index (κ2) is 7.94. The van der Waals surface area contributed by atoms with Crippen LogP contribution in [0, 0.1) is 6.92 Å². The topological polar surface area (TPSA) is 55.8 Å². The second-order valence-corrected chi connectivity index (χ2v) is 7.58. The lowest BCUT2D eigenvalue weighted by Crippen LogP contribution is -2.22. The molecular formula is C20H17NO4S2. The van der Waals surface area contributed by atoms with Crippen LogP contribution in [0.4, 0.5) is 0 Å².